The Morgan fingerprint density at radius 2 is 1.74 bits per heavy atom. The van der Waals surface area contributed by atoms with Crippen LogP contribution in [0.3, 0.4) is 0 Å². The van der Waals surface area contributed by atoms with Crippen LogP contribution in [0.25, 0.3) is 11.1 Å². The zero-order valence-electron chi connectivity index (χ0n) is 13.7. The highest BCUT2D eigenvalue weighted by Crippen LogP contribution is 2.40. The Labute approximate surface area is 152 Å². The fraction of sp³-hybridized carbons (Fsp3) is 0.188. The normalized spacial score (nSPS) is 14.5. The molecule has 0 saturated heterocycles. The number of rotatable bonds is 4. The number of amidine groups is 1. The van der Waals surface area contributed by atoms with Gasteiger partial charge >= 0.3 is 6.18 Å². The maximum atomic E-state index is 13.5. The van der Waals surface area contributed by atoms with E-state index in [1.807, 2.05) is 0 Å². The molecule has 7 nitrogen and oxygen atoms in total. The lowest BCUT2D eigenvalue weighted by atomic mass is 9.95. The number of alkyl halides is 3. The first-order valence-corrected chi connectivity index (χ1v) is 9.16. The van der Waals surface area contributed by atoms with Gasteiger partial charge in [0, 0.05) is 12.1 Å². The molecule has 0 saturated carbocycles. The summed E-state index contributed by atoms with van der Waals surface area (Å²) in [6, 6.07) is 8.46. The second-order valence-corrected chi connectivity index (χ2v) is 7.17. The van der Waals surface area contributed by atoms with Gasteiger partial charge in [0.25, 0.3) is 0 Å². The van der Waals surface area contributed by atoms with Gasteiger partial charge in [-0.15, -0.1) is 5.11 Å². The molecule has 1 aliphatic heterocycles. The third-order valence-electron chi connectivity index (χ3n) is 3.92. The minimum absolute atomic E-state index is 0.110. The van der Waals surface area contributed by atoms with E-state index < -0.39 is 26.7 Å². The Hall–Kier alpha value is -2.63. The molecule has 1 aliphatic rings. The summed E-state index contributed by atoms with van der Waals surface area (Å²) in [7, 11) is -4.75. The van der Waals surface area contributed by atoms with Gasteiger partial charge in [-0.25, -0.2) is 18.5 Å². The highest BCUT2D eigenvalue weighted by molar-refractivity contribution is 7.89. The third kappa shape index (κ3) is 3.75. The molecule has 0 atom stereocenters. The Morgan fingerprint density at radius 1 is 1.07 bits per heavy atom. The topological polar surface area (TPSA) is 123 Å². The van der Waals surface area contributed by atoms with E-state index in [4.69, 9.17) is 10.9 Å². The molecule has 1 heterocycles. The SMILES string of the molecule is NCc1ccc(-c2ccc(C(F)(F)F)c(S(N)(=O)=O)c2C2=NCN=N2)cc1. The van der Waals surface area contributed by atoms with Crippen LogP contribution in [0.5, 0.6) is 0 Å². The van der Waals surface area contributed by atoms with Gasteiger partial charge in [0.05, 0.1) is 5.56 Å². The fourth-order valence-corrected chi connectivity index (χ4v) is 3.72. The quantitative estimate of drug-likeness (QED) is 0.824. The van der Waals surface area contributed by atoms with Crippen molar-refractivity contribution in [2.45, 2.75) is 17.6 Å². The highest BCUT2D eigenvalue weighted by atomic mass is 32.2. The Kier molecular flexibility index (Phi) is 4.84. The van der Waals surface area contributed by atoms with Crippen molar-refractivity contribution in [2.24, 2.45) is 26.1 Å². The van der Waals surface area contributed by atoms with Crippen LogP contribution < -0.4 is 10.9 Å². The van der Waals surface area contributed by atoms with Crippen LogP contribution in [-0.2, 0) is 22.7 Å². The van der Waals surface area contributed by atoms with Gasteiger partial charge in [0.1, 0.15) is 4.90 Å². The average molecular weight is 397 g/mol. The number of nitrogens with zero attached hydrogens (tertiary/aromatic N) is 3. The van der Waals surface area contributed by atoms with E-state index in [9.17, 15) is 21.6 Å². The summed E-state index contributed by atoms with van der Waals surface area (Å²) in [5.74, 6) is -0.219. The zero-order chi connectivity index (χ0) is 19.8. The molecular formula is C16H14F3N5O2S. The van der Waals surface area contributed by atoms with Gasteiger partial charge in [-0.05, 0) is 22.8 Å². The van der Waals surface area contributed by atoms with Crippen LogP contribution in [0, 0.1) is 0 Å². The number of hydrogen-bond donors (Lipinski definition) is 2. The molecule has 142 valence electrons. The first kappa shape index (κ1) is 19.1. The van der Waals surface area contributed by atoms with Crippen LogP contribution in [0.2, 0.25) is 0 Å². The molecule has 0 radical (unpaired) electrons. The van der Waals surface area contributed by atoms with Crippen molar-refractivity contribution < 1.29 is 21.6 Å². The number of halogens is 3. The lowest BCUT2D eigenvalue weighted by molar-refractivity contribution is -0.139. The van der Waals surface area contributed by atoms with Crippen molar-refractivity contribution in [3.05, 3.63) is 53.1 Å². The number of benzene rings is 2. The molecule has 2 aromatic rings. The van der Waals surface area contributed by atoms with E-state index in [-0.39, 0.29) is 30.2 Å². The lowest BCUT2D eigenvalue weighted by Crippen LogP contribution is -2.23. The molecule has 0 amide bonds. The van der Waals surface area contributed by atoms with E-state index in [1.165, 1.54) is 6.07 Å². The summed E-state index contributed by atoms with van der Waals surface area (Å²) in [5.41, 5.74) is 5.30. The monoisotopic (exact) mass is 397 g/mol. The van der Waals surface area contributed by atoms with Gasteiger partial charge in [0.2, 0.25) is 10.0 Å². The van der Waals surface area contributed by atoms with Gasteiger partial charge in [0.15, 0.2) is 12.5 Å². The second-order valence-electron chi connectivity index (χ2n) is 5.67. The lowest BCUT2D eigenvalue weighted by Gasteiger charge is -2.18. The van der Waals surface area contributed by atoms with E-state index >= 15 is 0 Å². The Balaban J connectivity index is 2.39. The number of hydrogen-bond acceptors (Lipinski definition) is 6. The van der Waals surface area contributed by atoms with Crippen molar-refractivity contribution in [1.29, 1.82) is 0 Å². The van der Waals surface area contributed by atoms with Crippen LogP contribution in [-0.4, -0.2) is 20.9 Å². The standard InChI is InChI=1S/C16H14F3N5O2S/c17-16(18,19)12-6-5-11(10-3-1-9(7-20)2-4-10)13(14(12)27(21,25)26)15-22-8-23-24-15/h1-6H,7-8,20H2,(H2,21,25,26). The van der Waals surface area contributed by atoms with Crippen LogP contribution >= 0.6 is 0 Å². The molecule has 3 rings (SSSR count). The van der Waals surface area contributed by atoms with Gasteiger partial charge in [-0.2, -0.15) is 18.3 Å². The number of azo groups is 1. The number of aliphatic imine (C=N–C) groups is 1. The van der Waals surface area contributed by atoms with E-state index in [1.54, 1.807) is 24.3 Å². The maximum absolute atomic E-state index is 13.5. The van der Waals surface area contributed by atoms with Crippen molar-refractivity contribution in [3.63, 3.8) is 0 Å². The number of sulfonamides is 1. The molecule has 11 heteroatoms. The molecule has 4 N–H and O–H groups in total. The first-order chi connectivity index (χ1) is 12.6. The van der Waals surface area contributed by atoms with Crippen molar-refractivity contribution in [3.8, 4) is 11.1 Å². The average Bonchev–Trinajstić information content (AvgIpc) is 3.13. The Bertz CT molecular complexity index is 1040. The molecule has 0 bridgehead atoms. The summed E-state index contributed by atoms with van der Waals surface area (Å²) >= 11 is 0. The van der Waals surface area contributed by atoms with Crippen LogP contribution in [0.15, 0.2) is 56.5 Å². The number of nitrogens with two attached hydrogens (primary N) is 2. The second kappa shape index (κ2) is 6.83. The minimum atomic E-state index is -4.94. The molecule has 0 unspecified atom stereocenters. The molecule has 0 spiro atoms. The fourth-order valence-electron chi connectivity index (χ4n) is 2.74. The molecule has 0 aromatic heterocycles. The highest BCUT2D eigenvalue weighted by Gasteiger charge is 2.40. The van der Waals surface area contributed by atoms with E-state index in [0.29, 0.717) is 11.6 Å². The zero-order valence-corrected chi connectivity index (χ0v) is 14.5. The van der Waals surface area contributed by atoms with E-state index in [2.05, 4.69) is 15.2 Å². The van der Waals surface area contributed by atoms with E-state index in [0.717, 1.165) is 5.56 Å². The first-order valence-electron chi connectivity index (χ1n) is 7.61. The summed E-state index contributed by atoms with van der Waals surface area (Å²) in [6.45, 7) is 0.171. The smallest absolute Gasteiger partial charge is 0.326 e. The molecule has 2 aromatic carbocycles. The van der Waals surface area contributed by atoms with Crippen molar-refractivity contribution in [1.82, 2.24) is 0 Å². The molecule has 0 fully saturated rings. The molecule has 0 aliphatic carbocycles. The predicted octanol–water partition coefficient (Wildman–Crippen LogP) is 2.65. The van der Waals surface area contributed by atoms with Crippen molar-refractivity contribution in [2.75, 3.05) is 6.67 Å². The third-order valence-corrected chi connectivity index (χ3v) is 4.91. The van der Waals surface area contributed by atoms with Gasteiger partial charge in [-0.1, -0.05) is 30.3 Å². The predicted molar refractivity (Wildman–Crippen MR) is 92.4 cm³/mol. The maximum Gasteiger partial charge on any atom is 0.417 e. The number of primary sulfonamides is 1. The summed E-state index contributed by atoms with van der Waals surface area (Å²) in [6.07, 6.45) is -4.94. The summed E-state index contributed by atoms with van der Waals surface area (Å²) in [4.78, 5) is 2.83. The largest absolute Gasteiger partial charge is 0.417 e. The van der Waals surface area contributed by atoms with Crippen molar-refractivity contribution >= 4 is 15.9 Å². The van der Waals surface area contributed by atoms with Crippen LogP contribution in [0.1, 0.15) is 16.7 Å². The van der Waals surface area contributed by atoms with Gasteiger partial charge < -0.3 is 5.73 Å². The molecular weight excluding hydrogens is 383 g/mol. The summed E-state index contributed by atoms with van der Waals surface area (Å²) in [5, 5.41) is 12.4. The van der Waals surface area contributed by atoms with Crippen LogP contribution in [0.4, 0.5) is 13.2 Å². The minimum Gasteiger partial charge on any atom is -0.326 e. The summed E-state index contributed by atoms with van der Waals surface area (Å²) < 4.78 is 64.5. The van der Waals surface area contributed by atoms with Gasteiger partial charge in [-0.3, -0.25) is 0 Å². The Morgan fingerprint density at radius 3 is 2.22 bits per heavy atom. The molecule has 27 heavy (non-hydrogen) atoms.